The maximum Gasteiger partial charge on any atom is 0.339 e. The second kappa shape index (κ2) is 7.82. The Morgan fingerprint density at radius 2 is 1.96 bits per heavy atom. The molecule has 0 bridgehead atoms. The topological polar surface area (TPSA) is 76.8 Å². The van der Waals surface area contributed by atoms with E-state index in [-0.39, 0.29) is 11.9 Å². The molecule has 1 aromatic heterocycles. The molecule has 1 aliphatic rings. The van der Waals surface area contributed by atoms with Crippen LogP contribution in [0.1, 0.15) is 24.2 Å². The largest absolute Gasteiger partial charge is 0.490 e. The van der Waals surface area contributed by atoms with Gasteiger partial charge in [-0.1, -0.05) is 23.7 Å². The van der Waals surface area contributed by atoms with E-state index in [9.17, 15) is 13.2 Å². The molecule has 0 spiro atoms. The van der Waals surface area contributed by atoms with E-state index in [0.717, 1.165) is 0 Å². The van der Waals surface area contributed by atoms with Gasteiger partial charge >= 0.3 is 5.63 Å². The molecule has 0 radical (unpaired) electrons. The van der Waals surface area contributed by atoms with Crippen molar-refractivity contribution in [2.24, 2.45) is 0 Å². The lowest BCUT2D eigenvalue weighted by Crippen LogP contribution is -2.42. The molecule has 0 N–H and O–H groups in total. The van der Waals surface area contributed by atoms with Gasteiger partial charge in [-0.15, -0.1) is 0 Å². The molecule has 0 unspecified atom stereocenters. The van der Waals surface area contributed by atoms with Crippen LogP contribution in [0.4, 0.5) is 0 Å². The normalized spacial score (nSPS) is 16.5. The average molecular weight is 398 g/mol. The van der Waals surface area contributed by atoms with Crippen molar-refractivity contribution in [3.63, 3.8) is 0 Å². The summed E-state index contributed by atoms with van der Waals surface area (Å²) in [6.45, 7) is 2.45. The first-order valence-electron chi connectivity index (χ1n) is 8.32. The number of sulfonamides is 1. The first kappa shape index (κ1) is 18.9. The van der Waals surface area contributed by atoms with E-state index >= 15 is 0 Å². The van der Waals surface area contributed by atoms with Crippen molar-refractivity contribution in [1.29, 1.82) is 0 Å². The van der Waals surface area contributed by atoms with Gasteiger partial charge in [0.05, 0.1) is 11.8 Å². The number of hydrogen-bond acceptors (Lipinski definition) is 5. The first-order chi connectivity index (χ1) is 12.3. The van der Waals surface area contributed by atoms with E-state index in [4.69, 9.17) is 20.8 Å². The Morgan fingerprint density at radius 1 is 1.23 bits per heavy atom. The molecular formula is C18H20ClNO5S. The van der Waals surface area contributed by atoms with Crippen LogP contribution >= 0.6 is 11.6 Å². The molecule has 26 heavy (non-hydrogen) atoms. The molecule has 140 valence electrons. The minimum absolute atomic E-state index is 0.0714. The Bertz CT molecular complexity index is 933. The number of aryl methyl sites for hydroxylation is 1. The Balaban J connectivity index is 1.59. The summed E-state index contributed by atoms with van der Waals surface area (Å²) in [6, 6.07) is 9.83. The summed E-state index contributed by atoms with van der Waals surface area (Å²) in [4.78, 5) is 11.4. The maximum atomic E-state index is 12.6. The van der Waals surface area contributed by atoms with Crippen LogP contribution in [0.15, 0.2) is 45.6 Å². The van der Waals surface area contributed by atoms with Crippen LogP contribution in [0.3, 0.4) is 0 Å². The molecule has 6 nitrogen and oxygen atoms in total. The van der Waals surface area contributed by atoms with Gasteiger partial charge in [-0.25, -0.2) is 17.5 Å². The first-order valence-corrected chi connectivity index (χ1v) is 10.3. The molecule has 1 aromatic carbocycles. The Hall–Kier alpha value is -1.83. The van der Waals surface area contributed by atoms with E-state index in [2.05, 4.69) is 0 Å². The number of benzene rings is 1. The lowest BCUT2D eigenvalue weighted by molar-refractivity contribution is 0.134. The number of piperidine rings is 1. The molecule has 0 aliphatic carbocycles. The lowest BCUT2D eigenvalue weighted by Gasteiger charge is -2.31. The Morgan fingerprint density at radius 3 is 2.62 bits per heavy atom. The number of halogens is 1. The third-order valence-electron chi connectivity index (χ3n) is 4.20. The van der Waals surface area contributed by atoms with Crippen LogP contribution in [0, 0.1) is 6.92 Å². The minimum atomic E-state index is -3.41. The summed E-state index contributed by atoms with van der Waals surface area (Å²) < 4.78 is 37.4. The highest BCUT2D eigenvalue weighted by atomic mass is 35.5. The highest BCUT2D eigenvalue weighted by Gasteiger charge is 2.29. The maximum absolute atomic E-state index is 12.6. The van der Waals surface area contributed by atoms with E-state index < -0.39 is 15.6 Å². The van der Waals surface area contributed by atoms with Gasteiger partial charge in [0.2, 0.25) is 10.0 Å². The number of hydrogen-bond donors (Lipinski definition) is 0. The van der Waals surface area contributed by atoms with Gasteiger partial charge in [-0.3, -0.25) is 0 Å². The van der Waals surface area contributed by atoms with Gasteiger partial charge in [-0.2, -0.15) is 0 Å². The predicted molar refractivity (Wildman–Crippen MR) is 99.0 cm³/mol. The average Bonchev–Trinajstić information content (AvgIpc) is 2.54. The van der Waals surface area contributed by atoms with Crippen LogP contribution in [0.5, 0.6) is 5.75 Å². The quantitative estimate of drug-likeness (QED) is 0.775. The Kier molecular flexibility index (Phi) is 5.70. The molecule has 0 amide bonds. The van der Waals surface area contributed by atoms with Crippen molar-refractivity contribution in [1.82, 2.24) is 4.31 Å². The van der Waals surface area contributed by atoms with E-state index in [1.165, 1.54) is 10.4 Å². The summed E-state index contributed by atoms with van der Waals surface area (Å²) in [6.07, 6.45) is 0.996. The summed E-state index contributed by atoms with van der Waals surface area (Å²) in [5.41, 5.74) is 0.212. The number of rotatable bonds is 5. The van der Waals surface area contributed by atoms with Crippen LogP contribution in [-0.2, 0) is 15.8 Å². The van der Waals surface area contributed by atoms with Gasteiger partial charge in [0.15, 0.2) is 0 Å². The van der Waals surface area contributed by atoms with Crippen molar-refractivity contribution in [2.75, 3.05) is 13.1 Å². The van der Waals surface area contributed by atoms with E-state index in [0.29, 0.717) is 48.0 Å². The number of nitrogens with zero attached hydrogens (tertiary/aromatic N) is 1. The molecule has 8 heteroatoms. The minimum Gasteiger partial charge on any atom is -0.490 e. The molecular weight excluding hydrogens is 378 g/mol. The van der Waals surface area contributed by atoms with Crippen LogP contribution in [-0.4, -0.2) is 31.9 Å². The standard InChI is InChI=1S/C18H20ClNO5S/c1-13-9-17(11-18(21)24-13)25-16-5-7-20(8-6-16)26(22,23)12-14-3-2-4-15(19)10-14/h2-4,9-11,16H,5-8,12H2,1H3. The second-order valence-corrected chi connectivity index (χ2v) is 8.73. The summed E-state index contributed by atoms with van der Waals surface area (Å²) >= 11 is 5.92. The van der Waals surface area contributed by atoms with Gasteiger partial charge in [0.25, 0.3) is 0 Å². The fourth-order valence-electron chi connectivity index (χ4n) is 2.99. The molecule has 1 saturated heterocycles. The zero-order chi connectivity index (χ0) is 18.7. The zero-order valence-electron chi connectivity index (χ0n) is 14.4. The van der Waals surface area contributed by atoms with Crippen LogP contribution in [0.2, 0.25) is 5.02 Å². The fourth-order valence-corrected chi connectivity index (χ4v) is 4.76. The summed E-state index contributed by atoms with van der Waals surface area (Å²) in [7, 11) is -3.41. The monoisotopic (exact) mass is 397 g/mol. The molecule has 2 aromatic rings. The van der Waals surface area contributed by atoms with Gasteiger partial charge in [0, 0.05) is 24.2 Å². The van der Waals surface area contributed by atoms with Gasteiger partial charge in [-0.05, 0) is 37.5 Å². The van der Waals surface area contributed by atoms with Crippen molar-refractivity contribution in [2.45, 2.75) is 31.6 Å². The molecule has 1 fully saturated rings. The van der Waals surface area contributed by atoms with Crippen molar-refractivity contribution in [3.8, 4) is 5.75 Å². The van der Waals surface area contributed by atoms with Crippen molar-refractivity contribution < 1.29 is 17.6 Å². The Labute approximate surface area is 157 Å². The third-order valence-corrected chi connectivity index (χ3v) is 6.29. The SMILES string of the molecule is Cc1cc(OC2CCN(S(=O)(=O)Cc3cccc(Cl)c3)CC2)cc(=O)o1. The molecule has 0 saturated carbocycles. The van der Waals surface area contributed by atoms with E-state index in [1.807, 2.05) is 0 Å². The number of ether oxygens (including phenoxy) is 1. The highest BCUT2D eigenvalue weighted by molar-refractivity contribution is 7.88. The molecule has 3 rings (SSSR count). The van der Waals surface area contributed by atoms with Gasteiger partial charge in [0.1, 0.15) is 17.6 Å². The lowest BCUT2D eigenvalue weighted by atomic mass is 10.1. The summed E-state index contributed by atoms with van der Waals surface area (Å²) in [5, 5.41) is 0.521. The van der Waals surface area contributed by atoms with Crippen molar-refractivity contribution >= 4 is 21.6 Å². The molecule has 2 heterocycles. The predicted octanol–water partition coefficient (Wildman–Crippen LogP) is 2.97. The smallest absolute Gasteiger partial charge is 0.339 e. The zero-order valence-corrected chi connectivity index (χ0v) is 15.9. The third kappa shape index (κ3) is 4.87. The van der Waals surface area contributed by atoms with Crippen molar-refractivity contribution in [3.05, 3.63) is 63.2 Å². The second-order valence-electron chi connectivity index (χ2n) is 6.33. The van der Waals surface area contributed by atoms with Crippen LogP contribution in [0.25, 0.3) is 0 Å². The van der Waals surface area contributed by atoms with Crippen LogP contribution < -0.4 is 10.4 Å². The van der Waals surface area contributed by atoms with E-state index in [1.54, 1.807) is 37.3 Å². The molecule has 0 atom stereocenters. The molecule has 1 aliphatic heterocycles. The summed E-state index contributed by atoms with van der Waals surface area (Å²) in [5.74, 6) is 0.867. The fraction of sp³-hybridized carbons (Fsp3) is 0.389. The highest BCUT2D eigenvalue weighted by Crippen LogP contribution is 2.22. The van der Waals surface area contributed by atoms with Gasteiger partial charge < -0.3 is 9.15 Å².